The van der Waals surface area contributed by atoms with E-state index in [9.17, 15) is 0 Å². The first-order valence-corrected chi connectivity index (χ1v) is 31.4. The fourth-order valence-electron chi connectivity index (χ4n) is 13.3. The monoisotopic (exact) mass is 1040 g/mol. The van der Waals surface area contributed by atoms with Gasteiger partial charge in [0.05, 0.1) is 11.0 Å². The van der Waals surface area contributed by atoms with E-state index in [1.54, 1.807) is 11.1 Å². The summed E-state index contributed by atoms with van der Waals surface area (Å²) in [6, 6.07) is 67.7. The van der Waals surface area contributed by atoms with E-state index >= 15 is 0 Å². The van der Waals surface area contributed by atoms with Crippen molar-refractivity contribution in [3.8, 4) is 39.1 Å². The number of hydrogen-bond acceptors (Lipinski definition) is 1. The summed E-state index contributed by atoms with van der Waals surface area (Å²) < 4.78 is 2.44. The van der Waals surface area contributed by atoms with E-state index in [-0.39, 0.29) is 5.41 Å². The van der Waals surface area contributed by atoms with Gasteiger partial charge in [0.1, 0.15) is 0 Å². The molecule has 0 N–H and O–H groups in total. The second kappa shape index (κ2) is 27.0. The van der Waals surface area contributed by atoms with Crippen LogP contribution in [0.4, 0.5) is 17.1 Å². The average Bonchev–Trinajstić information content (AvgIpc) is 3.82. The molecule has 0 fully saturated rings. The number of anilines is 3. The van der Waals surface area contributed by atoms with Crippen molar-refractivity contribution in [2.75, 3.05) is 4.90 Å². The zero-order valence-electron chi connectivity index (χ0n) is 48.9. The predicted octanol–water partition coefficient (Wildman–Crippen LogP) is 23.7. The number of nitrogens with zero attached hydrogens (tertiary/aromatic N) is 2. The van der Waals surface area contributed by atoms with E-state index < -0.39 is 0 Å². The van der Waals surface area contributed by atoms with E-state index in [1.165, 1.54) is 219 Å². The average molecular weight is 1040 g/mol. The summed E-state index contributed by atoms with van der Waals surface area (Å²) in [6.07, 6.45) is 30.5. The van der Waals surface area contributed by atoms with E-state index in [2.05, 4.69) is 220 Å². The lowest BCUT2D eigenvalue weighted by Crippen LogP contribution is -2.25. The highest BCUT2D eigenvalue weighted by Gasteiger charge is 2.42. The molecule has 1 heterocycles. The summed E-state index contributed by atoms with van der Waals surface area (Å²) in [6.45, 7) is 11.4. The molecule has 1 atom stereocenters. The Bertz CT molecular complexity index is 3350. The molecule has 2 heteroatoms. The molecular formula is C77H90N2. The van der Waals surface area contributed by atoms with Crippen molar-refractivity contribution in [3.05, 3.63) is 204 Å². The SMILES string of the molecule is CCCCCCCCCCCCC1(CCCCCCCC)c2cc(C)ccc2-c2ccc(-c3ccc(N(c4ccc(C)cc4)c4ccc(-c5ccc6c(c5)c5ccccc5n6-c5ccc(CCCCCC)cc5)cc4)cc3)cc21. The van der Waals surface area contributed by atoms with Gasteiger partial charge in [0.2, 0.25) is 0 Å². The third kappa shape index (κ3) is 12.9. The van der Waals surface area contributed by atoms with Crippen molar-refractivity contribution < 1.29 is 0 Å². The maximum Gasteiger partial charge on any atom is 0.0541 e. The molecule has 1 unspecified atom stereocenters. The first-order valence-electron chi connectivity index (χ1n) is 31.4. The van der Waals surface area contributed by atoms with Gasteiger partial charge in [-0.05, 0) is 162 Å². The first-order chi connectivity index (χ1) is 38.9. The Hall–Kier alpha value is -6.64. The highest BCUT2D eigenvalue weighted by Crippen LogP contribution is 2.55. The molecule has 9 aromatic rings. The van der Waals surface area contributed by atoms with Crippen LogP contribution in [0.15, 0.2) is 176 Å². The molecule has 0 saturated carbocycles. The summed E-state index contributed by atoms with van der Waals surface area (Å²) in [7, 11) is 0. The second-order valence-corrected chi connectivity index (χ2v) is 23.7. The Morgan fingerprint density at radius 3 is 1.38 bits per heavy atom. The van der Waals surface area contributed by atoms with Crippen LogP contribution in [0.25, 0.3) is 60.9 Å². The summed E-state index contributed by atoms with van der Waals surface area (Å²) in [5.74, 6) is 0. The van der Waals surface area contributed by atoms with E-state index in [1.807, 2.05) is 0 Å². The molecule has 0 spiro atoms. The lowest BCUT2D eigenvalue weighted by atomic mass is 9.70. The van der Waals surface area contributed by atoms with Gasteiger partial charge >= 0.3 is 0 Å². The molecule has 79 heavy (non-hydrogen) atoms. The zero-order chi connectivity index (χ0) is 54.4. The molecule has 0 bridgehead atoms. The molecule has 1 aliphatic carbocycles. The molecule has 1 aromatic heterocycles. The van der Waals surface area contributed by atoms with Crippen molar-refractivity contribution in [2.24, 2.45) is 0 Å². The summed E-state index contributed by atoms with van der Waals surface area (Å²) in [5.41, 5.74) is 22.4. The van der Waals surface area contributed by atoms with Gasteiger partial charge in [0, 0.05) is 38.9 Å². The summed E-state index contributed by atoms with van der Waals surface area (Å²) in [5, 5.41) is 2.56. The van der Waals surface area contributed by atoms with Crippen LogP contribution in [-0.4, -0.2) is 4.57 Å². The molecular weight excluding hydrogens is 953 g/mol. The molecule has 10 rings (SSSR count). The van der Waals surface area contributed by atoms with Crippen molar-refractivity contribution in [1.29, 1.82) is 0 Å². The molecule has 2 nitrogen and oxygen atoms in total. The largest absolute Gasteiger partial charge is 0.311 e. The summed E-state index contributed by atoms with van der Waals surface area (Å²) >= 11 is 0. The van der Waals surface area contributed by atoms with Crippen LogP contribution in [0.1, 0.15) is 190 Å². The quantitative estimate of drug-likeness (QED) is 0.0424. The number of para-hydroxylation sites is 1. The Morgan fingerprint density at radius 1 is 0.354 bits per heavy atom. The fraction of sp³-hybridized carbons (Fsp3) is 0.377. The van der Waals surface area contributed by atoms with Crippen molar-refractivity contribution in [3.63, 3.8) is 0 Å². The molecule has 1 aliphatic rings. The molecule has 0 saturated heterocycles. The maximum absolute atomic E-state index is 2.62. The van der Waals surface area contributed by atoms with Gasteiger partial charge in [-0.3, -0.25) is 0 Å². The van der Waals surface area contributed by atoms with Gasteiger partial charge in [0.15, 0.2) is 0 Å². The molecule has 0 radical (unpaired) electrons. The lowest BCUT2D eigenvalue weighted by Gasteiger charge is -2.33. The van der Waals surface area contributed by atoms with E-state index in [0.717, 1.165) is 23.5 Å². The zero-order valence-corrected chi connectivity index (χ0v) is 48.9. The Kier molecular flexibility index (Phi) is 19.0. The highest BCUT2D eigenvalue weighted by molar-refractivity contribution is 6.10. The minimum absolute atomic E-state index is 0.0520. The minimum Gasteiger partial charge on any atom is -0.311 e. The molecule has 0 amide bonds. The van der Waals surface area contributed by atoms with Crippen LogP contribution in [-0.2, 0) is 11.8 Å². The van der Waals surface area contributed by atoms with Gasteiger partial charge < -0.3 is 9.47 Å². The molecule has 8 aromatic carbocycles. The van der Waals surface area contributed by atoms with Crippen LogP contribution < -0.4 is 4.90 Å². The van der Waals surface area contributed by atoms with Crippen LogP contribution in [0.5, 0.6) is 0 Å². The Balaban J connectivity index is 0.918. The lowest BCUT2D eigenvalue weighted by molar-refractivity contribution is 0.397. The maximum atomic E-state index is 2.62. The third-order valence-electron chi connectivity index (χ3n) is 17.8. The van der Waals surface area contributed by atoms with Gasteiger partial charge in [-0.25, -0.2) is 0 Å². The Labute approximate surface area is 476 Å². The number of fused-ring (bicyclic) bond motifs is 6. The number of aromatic nitrogens is 1. The van der Waals surface area contributed by atoms with Gasteiger partial charge in [-0.15, -0.1) is 0 Å². The van der Waals surface area contributed by atoms with Gasteiger partial charge in [-0.1, -0.05) is 257 Å². The third-order valence-corrected chi connectivity index (χ3v) is 17.8. The van der Waals surface area contributed by atoms with Crippen LogP contribution in [0, 0.1) is 13.8 Å². The minimum atomic E-state index is 0.0520. The van der Waals surface area contributed by atoms with Crippen molar-refractivity contribution in [1.82, 2.24) is 4.57 Å². The fourth-order valence-corrected chi connectivity index (χ4v) is 13.3. The van der Waals surface area contributed by atoms with Crippen molar-refractivity contribution >= 4 is 38.9 Å². The second-order valence-electron chi connectivity index (χ2n) is 23.7. The number of benzene rings is 8. The van der Waals surface area contributed by atoms with Crippen molar-refractivity contribution in [2.45, 2.75) is 188 Å². The van der Waals surface area contributed by atoms with Crippen LogP contribution >= 0.6 is 0 Å². The summed E-state index contributed by atoms with van der Waals surface area (Å²) in [4.78, 5) is 2.42. The van der Waals surface area contributed by atoms with Gasteiger partial charge in [-0.2, -0.15) is 0 Å². The topological polar surface area (TPSA) is 8.17 Å². The normalized spacial score (nSPS) is 13.8. The standard InChI is InChI=1S/C77H90N2/c1-6-9-12-15-17-18-19-20-22-27-54-77(53-26-21-16-13-10-7-2)73-55-59(5)33-50-69(73)70-51-40-64(57-74(70)77)62-38-48-67(49-39-62)78(65-42-31-58(4)32-43-65)66-46-36-61(37-47-66)63-41-52-76-72(56-63)71-29-24-25-30-75(71)79(76)68-44-34-60(35-45-68)28-23-14-11-8-3/h24-25,29-52,55-57H,6-23,26-28,53-54H2,1-5H3. The number of aryl methyl sites for hydroxylation is 3. The number of rotatable bonds is 29. The van der Waals surface area contributed by atoms with Crippen LogP contribution in [0.2, 0.25) is 0 Å². The van der Waals surface area contributed by atoms with Crippen LogP contribution in [0.3, 0.4) is 0 Å². The Morgan fingerprint density at radius 2 is 0.797 bits per heavy atom. The van der Waals surface area contributed by atoms with E-state index in [4.69, 9.17) is 0 Å². The highest BCUT2D eigenvalue weighted by atomic mass is 15.1. The first kappa shape index (κ1) is 55.7. The number of unbranched alkanes of at least 4 members (excludes halogenated alkanes) is 17. The van der Waals surface area contributed by atoms with E-state index in [0.29, 0.717) is 0 Å². The molecule has 0 aliphatic heterocycles. The smallest absolute Gasteiger partial charge is 0.0541 e. The predicted molar refractivity (Wildman–Crippen MR) is 344 cm³/mol. The molecule has 408 valence electrons. The number of hydrogen-bond donors (Lipinski definition) is 0. The van der Waals surface area contributed by atoms with Gasteiger partial charge in [0.25, 0.3) is 0 Å².